The van der Waals surface area contributed by atoms with E-state index in [1.807, 2.05) is 0 Å². The van der Waals surface area contributed by atoms with E-state index in [1.54, 1.807) is 0 Å². The molecule has 11 aromatic carbocycles. The summed E-state index contributed by atoms with van der Waals surface area (Å²) in [7, 11) is -2.73. The Morgan fingerprint density at radius 3 is 1.30 bits per heavy atom. The minimum Gasteiger partial charge on any atom is -0.309 e. The largest absolute Gasteiger partial charge is 0.309 e. The summed E-state index contributed by atoms with van der Waals surface area (Å²) < 4.78 is 7.52. The van der Waals surface area contributed by atoms with E-state index < -0.39 is 8.07 Å². The SMILES string of the molecule is c1ccc(-c2ccc3c4ccccc4n(-c4cccc5c4c4ccccc4n5-c4cccc5c6ccccc6n(-c6ccc([Si](c7ccccc7)(c7ccccc7)c7ccccc7)cc6)c45)c3c2)cc1. The summed E-state index contributed by atoms with van der Waals surface area (Å²) in [5.41, 5.74) is 12.9. The number of aromatic nitrogens is 3. The van der Waals surface area contributed by atoms with E-state index in [0.717, 1.165) is 22.6 Å². The average molecular weight is 908 g/mol. The van der Waals surface area contributed by atoms with Crippen LogP contribution in [0.4, 0.5) is 0 Å². The average Bonchev–Trinajstić information content (AvgIpc) is 4.08. The maximum Gasteiger partial charge on any atom is 0.179 e. The number of rotatable bonds is 8. The molecule has 70 heavy (non-hydrogen) atoms. The molecule has 0 atom stereocenters. The van der Waals surface area contributed by atoms with Gasteiger partial charge in [0, 0.05) is 38.0 Å². The minimum absolute atomic E-state index is 1.13. The zero-order valence-corrected chi connectivity index (χ0v) is 39.3. The summed E-state index contributed by atoms with van der Waals surface area (Å²) in [6.07, 6.45) is 0. The van der Waals surface area contributed by atoms with Gasteiger partial charge >= 0.3 is 0 Å². The van der Waals surface area contributed by atoms with Gasteiger partial charge < -0.3 is 13.7 Å². The van der Waals surface area contributed by atoms with E-state index in [9.17, 15) is 0 Å². The zero-order valence-electron chi connectivity index (χ0n) is 38.3. The molecule has 3 aromatic heterocycles. The Balaban J connectivity index is 1.02. The molecule has 0 aliphatic heterocycles. The fourth-order valence-electron chi connectivity index (χ4n) is 11.9. The molecule has 0 aliphatic rings. The molecular weight excluding hydrogens is 863 g/mol. The van der Waals surface area contributed by atoms with Gasteiger partial charge in [-0.3, -0.25) is 0 Å². The Bertz CT molecular complexity index is 4170. The smallest absolute Gasteiger partial charge is 0.179 e. The first kappa shape index (κ1) is 40.1. The molecule has 0 N–H and O–H groups in total. The number of hydrogen-bond acceptors (Lipinski definition) is 0. The molecule has 0 unspecified atom stereocenters. The summed E-state index contributed by atoms with van der Waals surface area (Å²) in [5.74, 6) is 0. The van der Waals surface area contributed by atoms with Gasteiger partial charge in [0.05, 0.1) is 44.5 Å². The van der Waals surface area contributed by atoms with Crippen LogP contribution in [0.25, 0.3) is 93.6 Å². The van der Waals surface area contributed by atoms with Crippen molar-refractivity contribution in [2.24, 2.45) is 0 Å². The van der Waals surface area contributed by atoms with E-state index in [-0.39, 0.29) is 0 Å². The lowest BCUT2D eigenvalue weighted by atomic mass is 10.0. The van der Waals surface area contributed by atoms with Crippen LogP contribution in [0.15, 0.2) is 273 Å². The maximum absolute atomic E-state index is 2.73. The maximum atomic E-state index is 2.52. The highest BCUT2D eigenvalue weighted by Crippen LogP contribution is 2.43. The molecule has 0 spiro atoms. The fourth-order valence-corrected chi connectivity index (χ4v) is 16.6. The standard InChI is InChI=1S/C66H45N3Si/c1-5-21-46(22-6-1)47-39-44-55-53-29-13-17-34-59(53)69(64(55)45-47)62-37-20-36-61-65(62)57-31-15-18-35-60(57)68(61)63-38-19-32-56-54-30-14-16-33-58(54)67(66(56)63)48-40-42-52(43-41-48)70(49-23-7-2-8-24-49,50-25-9-3-10-26-50)51-27-11-4-12-28-51/h1-45H. The first-order valence-corrected chi connectivity index (χ1v) is 26.2. The van der Waals surface area contributed by atoms with Crippen LogP contribution in [0.2, 0.25) is 0 Å². The fraction of sp³-hybridized carbons (Fsp3) is 0. The molecule has 0 aliphatic carbocycles. The molecule has 3 heterocycles. The lowest BCUT2D eigenvalue weighted by Gasteiger charge is -2.34. The first-order chi connectivity index (χ1) is 34.8. The van der Waals surface area contributed by atoms with Crippen molar-refractivity contribution in [3.63, 3.8) is 0 Å². The number of benzene rings is 11. The van der Waals surface area contributed by atoms with Crippen molar-refractivity contribution in [2.75, 3.05) is 0 Å². The minimum atomic E-state index is -2.73. The molecule has 14 aromatic rings. The van der Waals surface area contributed by atoms with Gasteiger partial charge in [0.1, 0.15) is 0 Å². The molecule has 3 nitrogen and oxygen atoms in total. The van der Waals surface area contributed by atoms with Crippen molar-refractivity contribution in [1.82, 2.24) is 13.7 Å². The van der Waals surface area contributed by atoms with Crippen molar-refractivity contribution in [3.8, 4) is 28.2 Å². The molecule has 14 rings (SSSR count). The van der Waals surface area contributed by atoms with Gasteiger partial charge in [-0.25, -0.2) is 0 Å². The monoisotopic (exact) mass is 907 g/mol. The van der Waals surface area contributed by atoms with Crippen molar-refractivity contribution in [3.05, 3.63) is 273 Å². The molecule has 0 amide bonds. The molecule has 0 saturated carbocycles. The Morgan fingerprint density at radius 1 is 0.243 bits per heavy atom. The lowest BCUT2D eigenvalue weighted by Crippen LogP contribution is -2.74. The topological polar surface area (TPSA) is 14.8 Å². The van der Waals surface area contributed by atoms with E-state index in [2.05, 4.69) is 287 Å². The normalized spacial score (nSPS) is 12.0. The van der Waals surface area contributed by atoms with Gasteiger partial charge in [0.2, 0.25) is 0 Å². The van der Waals surface area contributed by atoms with E-state index in [0.29, 0.717) is 0 Å². The highest BCUT2D eigenvalue weighted by atomic mass is 28.3. The molecule has 328 valence electrons. The number of para-hydroxylation sites is 4. The van der Waals surface area contributed by atoms with Gasteiger partial charge in [0.15, 0.2) is 8.07 Å². The second kappa shape index (κ2) is 16.1. The molecule has 0 fully saturated rings. The van der Waals surface area contributed by atoms with Gasteiger partial charge in [0.25, 0.3) is 0 Å². The molecule has 4 heteroatoms. The molecular formula is C66H45N3Si. The van der Waals surface area contributed by atoms with E-state index in [1.165, 1.54) is 91.8 Å². The Morgan fingerprint density at radius 2 is 0.671 bits per heavy atom. The predicted molar refractivity (Wildman–Crippen MR) is 299 cm³/mol. The Labute approximate surface area is 407 Å². The number of nitrogens with zero attached hydrogens (tertiary/aromatic N) is 3. The van der Waals surface area contributed by atoms with Crippen molar-refractivity contribution in [1.29, 1.82) is 0 Å². The summed E-state index contributed by atoms with van der Waals surface area (Å²) in [6, 6.07) is 101. The van der Waals surface area contributed by atoms with E-state index >= 15 is 0 Å². The van der Waals surface area contributed by atoms with Crippen LogP contribution in [0, 0.1) is 0 Å². The third-order valence-electron chi connectivity index (χ3n) is 14.8. The summed E-state index contributed by atoms with van der Waals surface area (Å²) in [6.45, 7) is 0. The van der Waals surface area contributed by atoms with Crippen molar-refractivity contribution >= 4 is 94.2 Å². The van der Waals surface area contributed by atoms with E-state index in [4.69, 9.17) is 0 Å². The van der Waals surface area contributed by atoms with Crippen LogP contribution < -0.4 is 20.7 Å². The van der Waals surface area contributed by atoms with Crippen LogP contribution in [0.3, 0.4) is 0 Å². The van der Waals surface area contributed by atoms with Gasteiger partial charge in [-0.1, -0.05) is 218 Å². The van der Waals surface area contributed by atoms with Crippen LogP contribution in [-0.4, -0.2) is 21.8 Å². The third-order valence-corrected chi connectivity index (χ3v) is 19.6. The highest BCUT2D eigenvalue weighted by Gasteiger charge is 2.41. The second-order valence-corrected chi connectivity index (χ2v) is 22.2. The van der Waals surface area contributed by atoms with Crippen molar-refractivity contribution < 1.29 is 0 Å². The number of hydrogen-bond donors (Lipinski definition) is 0. The van der Waals surface area contributed by atoms with Gasteiger partial charge in [-0.05, 0) is 86.5 Å². The quantitative estimate of drug-likeness (QED) is 0.107. The lowest BCUT2D eigenvalue weighted by molar-refractivity contribution is 1.13. The van der Waals surface area contributed by atoms with Crippen LogP contribution >= 0.6 is 0 Å². The van der Waals surface area contributed by atoms with Crippen molar-refractivity contribution in [2.45, 2.75) is 0 Å². The summed E-state index contributed by atoms with van der Waals surface area (Å²) >= 11 is 0. The second-order valence-electron chi connectivity index (χ2n) is 18.4. The van der Waals surface area contributed by atoms with Gasteiger partial charge in [-0.2, -0.15) is 0 Å². The predicted octanol–water partition coefficient (Wildman–Crippen LogP) is 14.0. The Kier molecular flexibility index (Phi) is 9.23. The zero-order chi connectivity index (χ0) is 46.2. The van der Waals surface area contributed by atoms with Crippen LogP contribution in [-0.2, 0) is 0 Å². The summed E-state index contributed by atoms with van der Waals surface area (Å²) in [5, 5.41) is 12.8. The van der Waals surface area contributed by atoms with Crippen LogP contribution in [0.5, 0.6) is 0 Å². The highest BCUT2D eigenvalue weighted by molar-refractivity contribution is 7.19. The molecule has 0 saturated heterocycles. The number of fused-ring (bicyclic) bond motifs is 9. The third kappa shape index (κ3) is 5.94. The molecule has 0 radical (unpaired) electrons. The first-order valence-electron chi connectivity index (χ1n) is 24.2. The Hall–Kier alpha value is -8.96. The summed E-state index contributed by atoms with van der Waals surface area (Å²) in [4.78, 5) is 0. The van der Waals surface area contributed by atoms with Gasteiger partial charge in [-0.15, -0.1) is 0 Å². The molecule has 0 bridgehead atoms. The van der Waals surface area contributed by atoms with Crippen LogP contribution in [0.1, 0.15) is 0 Å².